The summed E-state index contributed by atoms with van der Waals surface area (Å²) in [6.07, 6.45) is 4.07. The average Bonchev–Trinajstić information content (AvgIpc) is 2.16. The smallest absolute Gasteiger partial charge is 0.335 e. The molecule has 0 radical (unpaired) electrons. The van der Waals surface area contributed by atoms with Crippen LogP contribution in [-0.2, 0) is 0 Å². The Bertz CT molecular complexity index is 508. The van der Waals surface area contributed by atoms with E-state index in [0.717, 1.165) is 0 Å². The summed E-state index contributed by atoms with van der Waals surface area (Å²) in [5.74, 6) is -0.00446. The number of hydrogen-bond acceptors (Lipinski definition) is 3. The monoisotopic (exact) mass is 258 g/mol. The molecule has 0 atom stereocenters. The third kappa shape index (κ3) is 3.68. The molecule has 1 heterocycles. The molecule has 0 spiro atoms. The van der Waals surface area contributed by atoms with Gasteiger partial charge >= 0.3 is 5.63 Å². The van der Waals surface area contributed by atoms with Crippen molar-refractivity contribution in [3.8, 4) is 0 Å². The molecule has 0 amide bonds. The van der Waals surface area contributed by atoms with E-state index in [4.69, 9.17) is 27.6 Å². The highest BCUT2D eigenvalue weighted by atomic mass is 35.5. The zero-order valence-electron chi connectivity index (χ0n) is 8.37. The Morgan fingerprint density at radius 2 is 2.06 bits per heavy atom. The number of aryl methyl sites for hydroxylation is 1. The summed E-state index contributed by atoms with van der Waals surface area (Å²) < 4.78 is 4.83. The van der Waals surface area contributed by atoms with Crippen LogP contribution in [0.1, 0.15) is 16.1 Å². The van der Waals surface area contributed by atoms with Crippen molar-refractivity contribution < 1.29 is 9.21 Å². The number of allylic oxidation sites excluding steroid dienone is 3. The number of ketones is 1. The number of carbonyl (C=O) groups is 1. The minimum atomic E-state index is -0.485. The van der Waals surface area contributed by atoms with Gasteiger partial charge in [0.05, 0.1) is 5.56 Å². The quantitative estimate of drug-likeness (QED) is 0.476. The zero-order valence-corrected chi connectivity index (χ0v) is 9.88. The van der Waals surface area contributed by atoms with Crippen LogP contribution >= 0.6 is 23.2 Å². The molecule has 1 aromatic rings. The molecule has 1 aromatic heterocycles. The number of rotatable bonds is 3. The fourth-order valence-electron chi connectivity index (χ4n) is 1.06. The van der Waals surface area contributed by atoms with E-state index in [1.54, 1.807) is 6.92 Å². The summed E-state index contributed by atoms with van der Waals surface area (Å²) in [7, 11) is 0. The minimum absolute atomic E-state index is 0.0559. The van der Waals surface area contributed by atoms with E-state index >= 15 is 0 Å². The standard InChI is InChI=1S/C11H8Cl2O3/c1-7-8(5-6-11(15)16-7)9(14)3-2-4-10(12)13/h2-6H,1H3. The maximum atomic E-state index is 11.6. The normalized spacial score (nSPS) is 10.4. The molecule has 0 bridgehead atoms. The van der Waals surface area contributed by atoms with Gasteiger partial charge in [-0.1, -0.05) is 29.3 Å². The SMILES string of the molecule is Cc1oc(=O)ccc1C(=O)C=CC=C(Cl)Cl. The van der Waals surface area contributed by atoms with Gasteiger partial charge in [-0.15, -0.1) is 0 Å². The summed E-state index contributed by atoms with van der Waals surface area (Å²) in [5, 5.41) is 0. The molecular weight excluding hydrogens is 251 g/mol. The summed E-state index contributed by atoms with van der Waals surface area (Å²) in [6.45, 7) is 1.55. The molecule has 0 aliphatic heterocycles. The first-order valence-electron chi connectivity index (χ1n) is 4.35. The van der Waals surface area contributed by atoms with Crippen molar-refractivity contribution in [2.45, 2.75) is 6.92 Å². The third-order valence-corrected chi connectivity index (χ3v) is 2.01. The van der Waals surface area contributed by atoms with Crippen LogP contribution in [0.4, 0.5) is 0 Å². The van der Waals surface area contributed by atoms with Gasteiger partial charge in [-0.25, -0.2) is 4.79 Å². The van der Waals surface area contributed by atoms with Crippen molar-refractivity contribution >= 4 is 29.0 Å². The molecule has 0 aromatic carbocycles. The second-order valence-corrected chi connectivity index (χ2v) is 3.91. The molecule has 3 nitrogen and oxygen atoms in total. The van der Waals surface area contributed by atoms with Crippen LogP contribution < -0.4 is 5.63 Å². The maximum Gasteiger partial charge on any atom is 0.335 e. The molecule has 84 valence electrons. The van der Waals surface area contributed by atoms with Gasteiger partial charge in [-0.2, -0.15) is 0 Å². The Kier molecular flexibility index (Phi) is 4.52. The molecule has 0 aliphatic rings. The van der Waals surface area contributed by atoms with Crippen LogP contribution in [0, 0.1) is 6.92 Å². The Balaban J connectivity index is 2.93. The van der Waals surface area contributed by atoms with E-state index in [0.29, 0.717) is 5.56 Å². The lowest BCUT2D eigenvalue weighted by Crippen LogP contribution is -2.04. The van der Waals surface area contributed by atoms with Crippen molar-refractivity contribution in [1.82, 2.24) is 0 Å². The molecule has 0 saturated heterocycles. The van der Waals surface area contributed by atoms with Gasteiger partial charge in [0.15, 0.2) is 5.78 Å². The summed E-state index contributed by atoms with van der Waals surface area (Å²) in [5.41, 5.74) is -0.156. The summed E-state index contributed by atoms with van der Waals surface area (Å²) in [4.78, 5) is 22.4. The third-order valence-electron chi connectivity index (χ3n) is 1.75. The second kappa shape index (κ2) is 5.68. The zero-order chi connectivity index (χ0) is 12.1. The summed E-state index contributed by atoms with van der Waals surface area (Å²) >= 11 is 10.7. The lowest BCUT2D eigenvalue weighted by Gasteiger charge is -1.97. The first-order valence-corrected chi connectivity index (χ1v) is 5.11. The van der Waals surface area contributed by atoms with Gasteiger partial charge in [0.25, 0.3) is 0 Å². The predicted molar refractivity (Wildman–Crippen MR) is 63.0 cm³/mol. The van der Waals surface area contributed by atoms with E-state index in [-0.39, 0.29) is 16.0 Å². The van der Waals surface area contributed by atoms with Crippen molar-refractivity contribution in [3.05, 3.63) is 56.6 Å². The first-order chi connectivity index (χ1) is 7.50. The van der Waals surface area contributed by atoms with Crippen LogP contribution in [0.15, 0.2) is 44.1 Å². The molecule has 5 heteroatoms. The molecule has 0 saturated carbocycles. The first kappa shape index (κ1) is 12.7. The molecule has 1 rings (SSSR count). The van der Waals surface area contributed by atoms with Gasteiger partial charge in [-0.05, 0) is 25.1 Å². The van der Waals surface area contributed by atoms with Gasteiger partial charge in [-0.3, -0.25) is 4.79 Å². The highest BCUT2D eigenvalue weighted by Gasteiger charge is 2.07. The van der Waals surface area contributed by atoms with Gasteiger partial charge in [0, 0.05) is 6.07 Å². The average molecular weight is 259 g/mol. The predicted octanol–water partition coefficient (Wildman–Crippen LogP) is 3.01. The fourth-order valence-corrected chi connectivity index (χ4v) is 1.21. The topological polar surface area (TPSA) is 47.3 Å². The molecule has 0 aliphatic carbocycles. The molecule has 0 N–H and O–H groups in total. The van der Waals surface area contributed by atoms with E-state index in [1.165, 1.54) is 30.4 Å². The van der Waals surface area contributed by atoms with Crippen LogP contribution in [0.3, 0.4) is 0 Å². The van der Waals surface area contributed by atoms with Gasteiger partial charge < -0.3 is 4.42 Å². The Hall–Kier alpha value is -1.32. The van der Waals surface area contributed by atoms with E-state index in [1.807, 2.05) is 0 Å². The molecular formula is C11H8Cl2O3. The van der Waals surface area contributed by atoms with Crippen molar-refractivity contribution in [1.29, 1.82) is 0 Å². The number of carbonyl (C=O) groups excluding carboxylic acids is 1. The van der Waals surface area contributed by atoms with Gasteiger partial charge in [0.1, 0.15) is 10.3 Å². The Labute approximate surface area is 102 Å². The largest absolute Gasteiger partial charge is 0.427 e. The van der Waals surface area contributed by atoms with Gasteiger partial charge in [0.2, 0.25) is 0 Å². The van der Waals surface area contributed by atoms with Crippen molar-refractivity contribution in [3.63, 3.8) is 0 Å². The minimum Gasteiger partial charge on any atom is -0.427 e. The second-order valence-electron chi connectivity index (χ2n) is 2.90. The maximum absolute atomic E-state index is 11.6. The van der Waals surface area contributed by atoms with Crippen LogP contribution in [0.25, 0.3) is 0 Å². The lowest BCUT2D eigenvalue weighted by molar-refractivity contribution is 0.104. The lowest BCUT2D eigenvalue weighted by atomic mass is 10.1. The fraction of sp³-hybridized carbons (Fsp3) is 0.0909. The van der Waals surface area contributed by atoms with Crippen molar-refractivity contribution in [2.75, 3.05) is 0 Å². The molecule has 0 fully saturated rings. The number of halogens is 2. The van der Waals surface area contributed by atoms with E-state index < -0.39 is 5.63 Å². The number of hydrogen-bond donors (Lipinski definition) is 0. The summed E-state index contributed by atoms with van der Waals surface area (Å²) in [6, 6.07) is 2.61. The van der Waals surface area contributed by atoms with Crippen LogP contribution in [0.5, 0.6) is 0 Å². The van der Waals surface area contributed by atoms with Crippen molar-refractivity contribution in [2.24, 2.45) is 0 Å². The van der Waals surface area contributed by atoms with E-state index in [2.05, 4.69) is 0 Å². The van der Waals surface area contributed by atoms with E-state index in [9.17, 15) is 9.59 Å². The Morgan fingerprint density at radius 3 is 2.62 bits per heavy atom. The van der Waals surface area contributed by atoms with Crippen LogP contribution in [0.2, 0.25) is 0 Å². The molecule has 0 unspecified atom stereocenters. The highest BCUT2D eigenvalue weighted by Crippen LogP contribution is 2.08. The molecule has 16 heavy (non-hydrogen) atoms. The Morgan fingerprint density at radius 1 is 1.38 bits per heavy atom. The highest BCUT2D eigenvalue weighted by molar-refractivity contribution is 6.56. The van der Waals surface area contributed by atoms with Crippen LogP contribution in [-0.4, -0.2) is 5.78 Å².